The molecule has 3 N–H and O–H groups in total. The molecule has 2 fully saturated rings. The number of amides is 2. The van der Waals surface area contributed by atoms with Crippen LogP contribution in [0, 0.1) is 12.8 Å². The SMILES string of the molecule is Cc1nc(CNC(=O)N2CCC(C(C)N3CCN(C)CC3)CC2)n[nH]1.O=CO. The van der Waals surface area contributed by atoms with Crippen molar-refractivity contribution >= 4 is 12.5 Å². The normalized spacial score (nSPS) is 20.2. The molecule has 2 amide bonds. The standard InChI is InChI=1S/C17H31N7O.CH2O2/c1-13(23-10-8-22(3)9-11-23)15-4-6-24(7-5-15)17(25)18-12-16-19-14(2)20-21-16;2-1-3/h13,15H,4-12H2,1-3H3,(H,18,25)(H,19,20,21);1H,(H,2,3). The molecule has 1 unspecified atom stereocenters. The number of aromatic amines is 1. The summed E-state index contributed by atoms with van der Waals surface area (Å²) in [7, 11) is 2.19. The maximum Gasteiger partial charge on any atom is 0.317 e. The number of carbonyl (C=O) groups excluding carboxylic acids is 1. The van der Waals surface area contributed by atoms with E-state index in [4.69, 9.17) is 9.90 Å². The number of hydrogen-bond acceptors (Lipinski definition) is 6. The second-order valence-corrected chi connectivity index (χ2v) is 7.51. The highest BCUT2D eigenvalue weighted by molar-refractivity contribution is 5.74. The monoisotopic (exact) mass is 395 g/mol. The molecule has 2 aliphatic heterocycles. The Morgan fingerprint density at radius 3 is 2.43 bits per heavy atom. The summed E-state index contributed by atoms with van der Waals surface area (Å²) >= 11 is 0. The second-order valence-electron chi connectivity index (χ2n) is 7.51. The molecule has 158 valence electrons. The molecule has 0 aliphatic carbocycles. The van der Waals surface area contributed by atoms with Crippen molar-refractivity contribution in [3.8, 4) is 0 Å². The van der Waals surface area contributed by atoms with E-state index in [2.05, 4.69) is 44.3 Å². The Bertz CT molecular complexity index is 608. The van der Waals surface area contributed by atoms with Gasteiger partial charge in [0, 0.05) is 45.3 Å². The third-order valence-electron chi connectivity index (χ3n) is 5.66. The van der Waals surface area contributed by atoms with Crippen LogP contribution in [-0.2, 0) is 11.3 Å². The first-order chi connectivity index (χ1) is 13.4. The first kappa shape index (κ1) is 22.1. The number of piperidine rings is 1. The van der Waals surface area contributed by atoms with E-state index in [1.807, 2.05) is 11.8 Å². The predicted octanol–water partition coefficient (Wildman–Crippen LogP) is 0.371. The Kier molecular flexibility index (Phi) is 8.65. The number of aromatic nitrogens is 3. The molecule has 0 spiro atoms. The van der Waals surface area contributed by atoms with Crippen LogP contribution in [0.15, 0.2) is 0 Å². The van der Waals surface area contributed by atoms with Crippen LogP contribution in [0.1, 0.15) is 31.4 Å². The Morgan fingerprint density at radius 1 is 1.29 bits per heavy atom. The molecular weight excluding hydrogens is 362 g/mol. The molecule has 1 atom stereocenters. The number of aryl methyl sites for hydroxylation is 1. The van der Waals surface area contributed by atoms with E-state index in [1.165, 1.54) is 0 Å². The maximum absolute atomic E-state index is 12.3. The highest BCUT2D eigenvalue weighted by Gasteiger charge is 2.30. The van der Waals surface area contributed by atoms with Gasteiger partial charge in [0.15, 0.2) is 5.82 Å². The zero-order chi connectivity index (χ0) is 20.5. The zero-order valence-electron chi connectivity index (χ0n) is 17.1. The van der Waals surface area contributed by atoms with E-state index in [0.717, 1.165) is 57.9 Å². The number of carboxylic acid groups (broad SMARTS) is 1. The third kappa shape index (κ3) is 6.45. The zero-order valence-corrected chi connectivity index (χ0v) is 17.1. The molecule has 10 heteroatoms. The largest absolute Gasteiger partial charge is 0.483 e. The third-order valence-corrected chi connectivity index (χ3v) is 5.66. The first-order valence-electron chi connectivity index (χ1n) is 9.85. The minimum Gasteiger partial charge on any atom is -0.483 e. The summed E-state index contributed by atoms with van der Waals surface area (Å²) in [5.74, 6) is 2.08. The lowest BCUT2D eigenvalue weighted by atomic mass is 9.89. The summed E-state index contributed by atoms with van der Waals surface area (Å²) in [6.07, 6.45) is 2.17. The number of hydrogen-bond donors (Lipinski definition) is 3. The number of likely N-dealkylation sites (N-methyl/N-ethyl adjacent to an activating group) is 1. The van der Waals surface area contributed by atoms with Crippen LogP contribution in [-0.4, -0.2) is 99.8 Å². The van der Waals surface area contributed by atoms with Crippen LogP contribution in [0.3, 0.4) is 0 Å². The summed E-state index contributed by atoms with van der Waals surface area (Å²) in [5.41, 5.74) is 0. The van der Waals surface area contributed by atoms with Gasteiger partial charge in [-0.3, -0.25) is 14.8 Å². The molecule has 2 saturated heterocycles. The fourth-order valence-electron chi connectivity index (χ4n) is 3.85. The number of H-pyrrole nitrogens is 1. The van der Waals surface area contributed by atoms with E-state index in [0.29, 0.717) is 24.3 Å². The minimum atomic E-state index is -0.250. The van der Waals surface area contributed by atoms with Crippen molar-refractivity contribution < 1.29 is 14.7 Å². The van der Waals surface area contributed by atoms with Gasteiger partial charge in [-0.25, -0.2) is 9.78 Å². The highest BCUT2D eigenvalue weighted by atomic mass is 16.3. The van der Waals surface area contributed by atoms with Crippen LogP contribution in [0.2, 0.25) is 0 Å². The molecule has 2 aliphatic rings. The van der Waals surface area contributed by atoms with E-state index >= 15 is 0 Å². The average Bonchev–Trinajstić information content (AvgIpc) is 3.12. The number of rotatable bonds is 4. The summed E-state index contributed by atoms with van der Waals surface area (Å²) in [5, 5.41) is 16.6. The van der Waals surface area contributed by atoms with Gasteiger partial charge < -0.3 is 20.2 Å². The Balaban J connectivity index is 0.000000878. The fraction of sp³-hybridized carbons (Fsp3) is 0.778. The minimum absolute atomic E-state index is 0.00634. The van der Waals surface area contributed by atoms with Gasteiger partial charge in [-0.05, 0) is 39.7 Å². The average molecular weight is 396 g/mol. The van der Waals surface area contributed by atoms with Gasteiger partial charge in [0.05, 0.1) is 6.54 Å². The number of nitrogens with zero attached hydrogens (tertiary/aromatic N) is 5. The van der Waals surface area contributed by atoms with Crippen molar-refractivity contribution in [2.24, 2.45) is 5.92 Å². The summed E-state index contributed by atoms with van der Waals surface area (Å²) in [6, 6.07) is 0.600. The van der Waals surface area contributed by atoms with Crippen LogP contribution in [0.25, 0.3) is 0 Å². The quantitative estimate of drug-likeness (QED) is 0.631. The van der Waals surface area contributed by atoms with Crippen LogP contribution < -0.4 is 5.32 Å². The Labute approximate surface area is 166 Å². The molecule has 0 aromatic carbocycles. The molecule has 0 radical (unpaired) electrons. The molecule has 1 aromatic rings. The molecule has 3 heterocycles. The number of nitrogens with one attached hydrogen (secondary N) is 2. The predicted molar refractivity (Wildman–Crippen MR) is 105 cm³/mol. The van der Waals surface area contributed by atoms with Crippen LogP contribution in [0.5, 0.6) is 0 Å². The molecular formula is C18H33N7O3. The van der Waals surface area contributed by atoms with Gasteiger partial charge in [0.1, 0.15) is 5.82 Å². The van der Waals surface area contributed by atoms with Gasteiger partial charge in [0.25, 0.3) is 6.47 Å². The lowest BCUT2D eigenvalue weighted by molar-refractivity contribution is -0.122. The number of carbonyl (C=O) groups is 2. The van der Waals surface area contributed by atoms with Crippen LogP contribution >= 0.6 is 0 Å². The molecule has 0 saturated carbocycles. The highest BCUT2D eigenvalue weighted by Crippen LogP contribution is 2.24. The van der Waals surface area contributed by atoms with Crippen molar-refractivity contribution in [1.82, 2.24) is 35.2 Å². The van der Waals surface area contributed by atoms with E-state index in [9.17, 15) is 4.79 Å². The van der Waals surface area contributed by atoms with E-state index in [-0.39, 0.29) is 12.5 Å². The molecule has 3 rings (SSSR count). The van der Waals surface area contributed by atoms with Gasteiger partial charge in [-0.1, -0.05) is 0 Å². The summed E-state index contributed by atoms with van der Waals surface area (Å²) in [6.45, 7) is 10.6. The topological polar surface area (TPSA) is 118 Å². The van der Waals surface area contributed by atoms with Crippen molar-refractivity contribution in [3.63, 3.8) is 0 Å². The Hall–Kier alpha value is -2.20. The second kappa shape index (κ2) is 11.0. The first-order valence-corrected chi connectivity index (χ1v) is 9.85. The number of likely N-dealkylation sites (tertiary alicyclic amines) is 1. The molecule has 28 heavy (non-hydrogen) atoms. The van der Waals surface area contributed by atoms with Crippen molar-refractivity contribution in [2.75, 3.05) is 46.3 Å². The van der Waals surface area contributed by atoms with Crippen molar-refractivity contribution in [3.05, 3.63) is 11.6 Å². The van der Waals surface area contributed by atoms with E-state index < -0.39 is 0 Å². The van der Waals surface area contributed by atoms with Gasteiger partial charge in [-0.2, -0.15) is 5.10 Å². The lowest BCUT2D eigenvalue weighted by Crippen LogP contribution is -2.52. The Morgan fingerprint density at radius 2 is 1.89 bits per heavy atom. The van der Waals surface area contributed by atoms with Gasteiger partial charge >= 0.3 is 6.03 Å². The maximum atomic E-state index is 12.3. The lowest BCUT2D eigenvalue weighted by Gasteiger charge is -2.42. The van der Waals surface area contributed by atoms with E-state index in [1.54, 1.807) is 0 Å². The van der Waals surface area contributed by atoms with Gasteiger partial charge in [0.2, 0.25) is 0 Å². The number of piperazine rings is 1. The molecule has 10 nitrogen and oxygen atoms in total. The van der Waals surface area contributed by atoms with Gasteiger partial charge in [-0.15, -0.1) is 0 Å². The molecule has 1 aromatic heterocycles. The summed E-state index contributed by atoms with van der Waals surface area (Å²) < 4.78 is 0. The fourth-order valence-corrected chi connectivity index (χ4v) is 3.85. The number of urea groups is 1. The molecule has 0 bridgehead atoms. The summed E-state index contributed by atoms with van der Waals surface area (Å²) in [4.78, 5) is 31.8. The smallest absolute Gasteiger partial charge is 0.317 e. The van der Waals surface area contributed by atoms with Crippen molar-refractivity contribution in [2.45, 2.75) is 39.3 Å². The van der Waals surface area contributed by atoms with Crippen molar-refractivity contribution in [1.29, 1.82) is 0 Å². The van der Waals surface area contributed by atoms with Crippen LogP contribution in [0.4, 0.5) is 4.79 Å².